The van der Waals surface area contributed by atoms with Crippen LogP contribution in [-0.2, 0) is 15.9 Å². The Morgan fingerprint density at radius 1 is 1.05 bits per heavy atom. The molecule has 37 heavy (non-hydrogen) atoms. The molecule has 5 amide bonds. The third-order valence-corrected chi connectivity index (χ3v) is 6.23. The molecule has 2 fully saturated rings. The predicted molar refractivity (Wildman–Crippen MR) is 141 cm³/mol. The zero-order valence-electron chi connectivity index (χ0n) is 22.5. The highest BCUT2D eigenvalue weighted by Crippen LogP contribution is 2.19. The van der Waals surface area contributed by atoms with E-state index in [0.717, 1.165) is 24.1 Å². The van der Waals surface area contributed by atoms with E-state index in [1.165, 1.54) is 4.90 Å². The molecule has 11 heteroatoms. The highest BCUT2D eigenvalue weighted by molar-refractivity contribution is 5.93. The van der Waals surface area contributed by atoms with Crippen molar-refractivity contribution >= 4 is 23.8 Å². The number of rotatable bonds is 7. The van der Waals surface area contributed by atoms with Crippen molar-refractivity contribution in [3.05, 3.63) is 29.8 Å². The molecule has 2 aliphatic heterocycles. The van der Waals surface area contributed by atoms with Gasteiger partial charge in [0.25, 0.3) is 0 Å². The van der Waals surface area contributed by atoms with Crippen LogP contribution in [0, 0.1) is 0 Å². The normalized spacial score (nSPS) is 17.1. The van der Waals surface area contributed by atoms with E-state index in [2.05, 4.69) is 16.1 Å². The SMILES string of the molecule is CCN(C(=O)NN1CCOCC1)C(=O)N1CCC(Nc2ccc(CCNC(=O)OC(C)(C)C)cc2)CC1. The van der Waals surface area contributed by atoms with Gasteiger partial charge in [0.05, 0.1) is 13.2 Å². The van der Waals surface area contributed by atoms with E-state index in [9.17, 15) is 14.4 Å². The molecule has 0 spiro atoms. The van der Waals surface area contributed by atoms with Crippen molar-refractivity contribution in [3.63, 3.8) is 0 Å². The van der Waals surface area contributed by atoms with Crippen LogP contribution in [0.25, 0.3) is 0 Å². The summed E-state index contributed by atoms with van der Waals surface area (Å²) in [4.78, 5) is 40.4. The molecule has 0 saturated carbocycles. The van der Waals surface area contributed by atoms with E-state index in [1.807, 2.05) is 52.0 Å². The lowest BCUT2D eigenvalue weighted by molar-refractivity contribution is 0.0166. The fourth-order valence-corrected chi connectivity index (χ4v) is 4.25. The van der Waals surface area contributed by atoms with E-state index >= 15 is 0 Å². The first-order chi connectivity index (χ1) is 17.6. The zero-order valence-corrected chi connectivity index (χ0v) is 22.5. The minimum absolute atomic E-state index is 0.251. The number of morpholine rings is 1. The van der Waals surface area contributed by atoms with Gasteiger partial charge >= 0.3 is 18.2 Å². The summed E-state index contributed by atoms with van der Waals surface area (Å²) >= 11 is 0. The number of likely N-dealkylation sites (tertiary alicyclic amines) is 1. The predicted octanol–water partition coefficient (Wildman–Crippen LogP) is 3.03. The third-order valence-electron chi connectivity index (χ3n) is 6.23. The second kappa shape index (κ2) is 13.5. The van der Waals surface area contributed by atoms with Crippen molar-refractivity contribution in [2.75, 3.05) is 57.8 Å². The van der Waals surface area contributed by atoms with Crippen molar-refractivity contribution in [1.82, 2.24) is 25.6 Å². The van der Waals surface area contributed by atoms with Gasteiger partial charge in [-0.3, -0.25) is 5.43 Å². The molecule has 0 bridgehead atoms. The molecule has 0 aliphatic carbocycles. The van der Waals surface area contributed by atoms with Crippen LogP contribution in [0.1, 0.15) is 46.1 Å². The molecule has 2 saturated heterocycles. The lowest BCUT2D eigenvalue weighted by Crippen LogP contribution is -2.57. The van der Waals surface area contributed by atoms with Crippen LogP contribution in [0.15, 0.2) is 24.3 Å². The highest BCUT2D eigenvalue weighted by Gasteiger charge is 2.30. The summed E-state index contributed by atoms with van der Waals surface area (Å²) < 4.78 is 10.6. The maximum absolute atomic E-state index is 13.0. The average molecular weight is 519 g/mol. The number of amides is 5. The Bertz CT molecular complexity index is 890. The lowest BCUT2D eigenvalue weighted by atomic mass is 10.0. The van der Waals surface area contributed by atoms with Crippen molar-refractivity contribution in [2.24, 2.45) is 0 Å². The van der Waals surface area contributed by atoms with Crippen molar-refractivity contribution in [3.8, 4) is 0 Å². The summed E-state index contributed by atoms with van der Waals surface area (Å²) in [6, 6.07) is 7.77. The first-order valence-electron chi connectivity index (χ1n) is 13.2. The smallest absolute Gasteiger partial charge is 0.407 e. The fourth-order valence-electron chi connectivity index (χ4n) is 4.25. The number of anilines is 1. The van der Waals surface area contributed by atoms with Gasteiger partial charge in [-0.1, -0.05) is 12.1 Å². The fraction of sp³-hybridized carbons (Fsp3) is 0.654. The summed E-state index contributed by atoms with van der Waals surface area (Å²) in [6.07, 6.45) is 1.91. The summed E-state index contributed by atoms with van der Waals surface area (Å²) in [5.74, 6) is 0. The topological polar surface area (TPSA) is 115 Å². The number of urea groups is 2. The van der Waals surface area contributed by atoms with Crippen molar-refractivity contribution in [1.29, 1.82) is 0 Å². The summed E-state index contributed by atoms with van der Waals surface area (Å²) in [5, 5.41) is 8.12. The number of ether oxygens (including phenoxy) is 2. The Morgan fingerprint density at radius 2 is 1.70 bits per heavy atom. The van der Waals surface area contributed by atoms with Gasteiger partial charge in [0.1, 0.15) is 5.60 Å². The van der Waals surface area contributed by atoms with Gasteiger partial charge in [-0.05, 0) is 64.7 Å². The van der Waals surface area contributed by atoms with Gasteiger partial charge in [-0.2, -0.15) is 0 Å². The number of nitrogens with one attached hydrogen (secondary N) is 3. The van der Waals surface area contributed by atoms with Gasteiger partial charge in [0.2, 0.25) is 0 Å². The number of hydrogen-bond donors (Lipinski definition) is 3. The largest absolute Gasteiger partial charge is 0.444 e. The number of hydrogen-bond acceptors (Lipinski definition) is 7. The molecule has 1 aromatic carbocycles. The Balaban J connectivity index is 1.39. The van der Waals surface area contributed by atoms with Crippen LogP contribution < -0.4 is 16.1 Å². The molecule has 2 aliphatic rings. The maximum atomic E-state index is 13.0. The first-order valence-corrected chi connectivity index (χ1v) is 13.2. The van der Waals surface area contributed by atoms with Gasteiger partial charge in [0.15, 0.2) is 0 Å². The summed E-state index contributed by atoms with van der Waals surface area (Å²) in [5.41, 5.74) is 4.45. The second-order valence-electron chi connectivity index (χ2n) is 10.3. The number of carbonyl (C=O) groups is 3. The van der Waals surface area contributed by atoms with Gasteiger partial charge in [-0.15, -0.1) is 0 Å². The minimum atomic E-state index is -0.506. The Hall–Kier alpha value is -3.05. The molecule has 0 atom stereocenters. The molecule has 3 rings (SSSR count). The van der Waals surface area contributed by atoms with Crippen LogP contribution >= 0.6 is 0 Å². The second-order valence-corrected chi connectivity index (χ2v) is 10.3. The van der Waals surface area contributed by atoms with Crippen LogP contribution in [0.3, 0.4) is 0 Å². The molecule has 2 heterocycles. The van der Waals surface area contributed by atoms with E-state index < -0.39 is 17.7 Å². The lowest BCUT2D eigenvalue weighted by Gasteiger charge is -2.36. The molecule has 1 aromatic rings. The Labute approximate surface area is 219 Å². The van der Waals surface area contributed by atoms with E-state index in [1.54, 1.807) is 9.91 Å². The van der Waals surface area contributed by atoms with Crippen LogP contribution in [-0.4, -0.2) is 97.1 Å². The molecule has 11 nitrogen and oxygen atoms in total. The van der Waals surface area contributed by atoms with Gasteiger partial charge in [0, 0.05) is 51.0 Å². The number of hydrazine groups is 1. The molecule has 0 unspecified atom stereocenters. The number of carbonyl (C=O) groups excluding carboxylic acids is 3. The summed E-state index contributed by atoms with van der Waals surface area (Å²) in [7, 11) is 0. The third kappa shape index (κ3) is 9.40. The van der Waals surface area contributed by atoms with Crippen LogP contribution in [0.4, 0.5) is 20.1 Å². The Morgan fingerprint density at radius 3 is 2.30 bits per heavy atom. The van der Waals surface area contributed by atoms with Gasteiger partial charge in [-0.25, -0.2) is 24.3 Å². The maximum Gasteiger partial charge on any atom is 0.407 e. The standard InChI is InChI=1S/C26H42N6O5/c1-5-32(23(33)29-31-16-18-36-19-17-31)25(35)30-14-11-22(12-15-30)28-21-8-6-20(7-9-21)10-13-27-24(34)37-26(2,3)4/h6-9,22,28H,5,10-19H2,1-4H3,(H,27,34)(H,29,33). The molecule has 3 N–H and O–H groups in total. The first kappa shape index (κ1) is 28.5. The quantitative estimate of drug-likeness (QED) is 0.508. The number of benzene rings is 1. The average Bonchev–Trinajstić information content (AvgIpc) is 2.85. The zero-order chi connectivity index (χ0) is 26.8. The van der Waals surface area contributed by atoms with Crippen molar-refractivity contribution < 1.29 is 23.9 Å². The van der Waals surface area contributed by atoms with E-state index in [0.29, 0.717) is 58.9 Å². The number of nitrogens with zero attached hydrogens (tertiary/aromatic N) is 3. The summed E-state index contributed by atoms with van der Waals surface area (Å²) in [6.45, 7) is 11.7. The van der Waals surface area contributed by atoms with Gasteiger partial charge < -0.3 is 25.0 Å². The Kier molecular flexibility index (Phi) is 10.4. The van der Waals surface area contributed by atoms with E-state index in [-0.39, 0.29) is 12.1 Å². The van der Waals surface area contributed by atoms with Crippen LogP contribution in [0.2, 0.25) is 0 Å². The number of alkyl carbamates (subject to hydrolysis) is 1. The van der Waals surface area contributed by atoms with Crippen molar-refractivity contribution in [2.45, 2.75) is 58.6 Å². The van der Waals surface area contributed by atoms with E-state index in [4.69, 9.17) is 9.47 Å². The molecule has 0 radical (unpaired) electrons. The molecular weight excluding hydrogens is 476 g/mol. The number of imide groups is 1. The molecule has 206 valence electrons. The highest BCUT2D eigenvalue weighted by atomic mass is 16.6. The number of piperidine rings is 1. The molecular formula is C26H42N6O5. The molecule has 0 aromatic heterocycles. The van der Waals surface area contributed by atoms with Crippen LogP contribution in [0.5, 0.6) is 0 Å². The monoisotopic (exact) mass is 518 g/mol. The minimum Gasteiger partial charge on any atom is -0.444 e.